The summed E-state index contributed by atoms with van der Waals surface area (Å²) in [6, 6.07) is 7.84. The molecule has 0 fully saturated rings. The molecular weight excluding hydrogens is 218 g/mol. The molecular formula is C11H11N5O. The monoisotopic (exact) mass is 229 g/mol. The second-order valence-electron chi connectivity index (χ2n) is 3.40. The zero-order chi connectivity index (χ0) is 12.1. The van der Waals surface area contributed by atoms with Gasteiger partial charge in [0.15, 0.2) is 5.82 Å². The highest BCUT2D eigenvalue weighted by molar-refractivity contribution is 5.81. The lowest BCUT2D eigenvalue weighted by Crippen LogP contribution is -2.13. The summed E-state index contributed by atoms with van der Waals surface area (Å²) in [4.78, 5) is 14.5. The van der Waals surface area contributed by atoms with Gasteiger partial charge in [-0.15, -0.1) is 0 Å². The van der Waals surface area contributed by atoms with Crippen molar-refractivity contribution in [3.05, 3.63) is 52.1 Å². The summed E-state index contributed by atoms with van der Waals surface area (Å²) < 4.78 is 0. The number of aromatic nitrogens is 3. The first kappa shape index (κ1) is 11.0. The van der Waals surface area contributed by atoms with Gasteiger partial charge >= 0.3 is 5.69 Å². The highest BCUT2D eigenvalue weighted by atomic mass is 16.1. The van der Waals surface area contributed by atoms with Crippen LogP contribution in [0.15, 0.2) is 40.4 Å². The molecule has 1 aromatic carbocycles. The maximum Gasteiger partial charge on any atom is 0.363 e. The average molecular weight is 229 g/mol. The molecule has 86 valence electrons. The van der Waals surface area contributed by atoms with Crippen LogP contribution in [0, 0.1) is 6.92 Å². The lowest BCUT2D eigenvalue weighted by atomic mass is 10.1. The fourth-order valence-electron chi connectivity index (χ4n) is 1.27. The van der Waals surface area contributed by atoms with Gasteiger partial charge in [0.1, 0.15) is 0 Å². The van der Waals surface area contributed by atoms with Crippen LogP contribution in [0.2, 0.25) is 0 Å². The van der Waals surface area contributed by atoms with Crippen LogP contribution in [-0.2, 0) is 0 Å². The van der Waals surface area contributed by atoms with E-state index in [0.717, 1.165) is 11.1 Å². The Hall–Kier alpha value is -2.50. The SMILES string of the molecule is Cc1ccccc1/C=N\Nc1cn[nH]c(=O)n1. The van der Waals surface area contributed by atoms with E-state index in [1.165, 1.54) is 6.20 Å². The molecule has 17 heavy (non-hydrogen) atoms. The number of aryl methyl sites for hydroxylation is 1. The minimum absolute atomic E-state index is 0.304. The van der Waals surface area contributed by atoms with Gasteiger partial charge in [-0.05, 0) is 18.1 Å². The summed E-state index contributed by atoms with van der Waals surface area (Å²) in [5, 5.41) is 9.75. The number of hydrogen-bond donors (Lipinski definition) is 2. The van der Waals surface area contributed by atoms with Gasteiger partial charge in [0, 0.05) is 0 Å². The van der Waals surface area contributed by atoms with E-state index < -0.39 is 5.69 Å². The van der Waals surface area contributed by atoms with Crippen LogP contribution in [0.5, 0.6) is 0 Å². The standard InChI is InChI=1S/C11H11N5O/c1-8-4-2-3-5-9(8)6-12-15-10-7-13-16-11(17)14-10/h2-7H,1H3,(H2,14,15,16,17)/b12-6-. The van der Waals surface area contributed by atoms with Crippen molar-refractivity contribution in [2.24, 2.45) is 5.10 Å². The van der Waals surface area contributed by atoms with Gasteiger partial charge in [0.25, 0.3) is 0 Å². The highest BCUT2D eigenvalue weighted by Gasteiger charge is 1.93. The van der Waals surface area contributed by atoms with Crippen molar-refractivity contribution < 1.29 is 0 Å². The zero-order valence-electron chi connectivity index (χ0n) is 9.21. The predicted octanol–water partition coefficient (Wildman–Crippen LogP) is 0.919. The molecule has 2 aromatic rings. The van der Waals surface area contributed by atoms with Crippen molar-refractivity contribution in [3.63, 3.8) is 0 Å². The van der Waals surface area contributed by atoms with Gasteiger partial charge in [0.2, 0.25) is 0 Å². The molecule has 0 spiro atoms. The topological polar surface area (TPSA) is 83.0 Å². The fraction of sp³-hybridized carbons (Fsp3) is 0.0909. The van der Waals surface area contributed by atoms with Crippen molar-refractivity contribution >= 4 is 12.0 Å². The second-order valence-corrected chi connectivity index (χ2v) is 3.40. The summed E-state index contributed by atoms with van der Waals surface area (Å²) in [7, 11) is 0. The first-order valence-electron chi connectivity index (χ1n) is 5.02. The van der Waals surface area contributed by atoms with Crippen LogP contribution >= 0.6 is 0 Å². The number of hydrazone groups is 1. The summed E-state index contributed by atoms with van der Waals surface area (Å²) >= 11 is 0. The molecule has 6 heteroatoms. The zero-order valence-corrected chi connectivity index (χ0v) is 9.21. The fourth-order valence-corrected chi connectivity index (χ4v) is 1.27. The molecule has 0 aliphatic rings. The van der Waals surface area contributed by atoms with Crippen molar-refractivity contribution in [1.29, 1.82) is 0 Å². The van der Waals surface area contributed by atoms with Crippen LogP contribution in [-0.4, -0.2) is 21.4 Å². The number of anilines is 1. The third-order valence-corrected chi connectivity index (χ3v) is 2.14. The molecule has 6 nitrogen and oxygen atoms in total. The number of nitrogens with one attached hydrogen (secondary N) is 2. The van der Waals surface area contributed by atoms with Gasteiger partial charge in [-0.1, -0.05) is 24.3 Å². The van der Waals surface area contributed by atoms with Crippen molar-refractivity contribution in [2.45, 2.75) is 6.92 Å². The quantitative estimate of drug-likeness (QED) is 0.605. The molecule has 0 atom stereocenters. The molecule has 0 radical (unpaired) electrons. The Bertz CT molecular complexity index is 590. The van der Waals surface area contributed by atoms with Crippen LogP contribution in [0.4, 0.5) is 5.82 Å². The Kier molecular flexibility index (Phi) is 3.25. The molecule has 1 aromatic heterocycles. The minimum Gasteiger partial charge on any atom is -0.260 e. The Morgan fingerprint density at radius 2 is 2.24 bits per heavy atom. The molecule has 0 unspecified atom stereocenters. The van der Waals surface area contributed by atoms with E-state index in [4.69, 9.17) is 0 Å². The summed E-state index contributed by atoms with van der Waals surface area (Å²) in [5.41, 5.74) is 4.24. The second kappa shape index (κ2) is 5.02. The molecule has 0 amide bonds. The van der Waals surface area contributed by atoms with Gasteiger partial charge in [-0.2, -0.15) is 15.2 Å². The highest BCUT2D eigenvalue weighted by Crippen LogP contribution is 2.03. The van der Waals surface area contributed by atoms with Gasteiger partial charge < -0.3 is 0 Å². The number of benzene rings is 1. The summed E-state index contributed by atoms with van der Waals surface area (Å²) in [6.45, 7) is 1.99. The number of rotatable bonds is 3. The third kappa shape index (κ3) is 2.97. The van der Waals surface area contributed by atoms with Crippen LogP contribution < -0.4 is 11.1 Å². The molecule has 2 rings (SSSR count). The smallest absolute Gasteiger partial charge is 0.260 e. The van der Waals surface area contributed by atoms with E-state index in [2.05, 4.69) is 25.7 Å². The first-order chi connectivity index (χ1) is 8.25. The molecule has 0 aliphatic heterocycles. The Morgan fingerprint density at radius 3 is 3.00 bits per heavy atom. The van der Waals surface area contributed by atoms with Gasteiger partial charge in [0.05, 0.1) is 12.4 Å². The van der Waals surface area contributed by atoms with Crippen molar-refractivity contribution in [2.75, 3.05) is 5.43 Å². The molecule has 2 N–H and O–H groups in total. The average Bonchev–Trinajstić information content (AvgIpc) is 2.32. The Morgan fingerprint density at radius 1 is 1.41 bits per heavy atom. The largest absolute Gasteiger partial charge is 0.363 e. The van der Waals surface area contributed by atoms with E-state index in [0.29, 0.717) is 5.82 Å². The number of hydrogen-bond acceptors (Lipinski definition) is 5. The normalized spacial score (nSPS) is 10.6. The lowest BCUT2D eigenvalue weighted by Gasteiger charge is -1.99. The van der Waals surface area contributed by atoms with E-state index in [-0.39, 0.29) is 0 Å². The van der Waals surface area contributed by atoms with Crippen LogP contribution in [0.3, 0.4) is 0 Å². The van der Waals surface area contributed by atoms with E-state index in [1.807, 2.05) is 31.2 Å². The maximum atomic E-state index is 10.9. The van der Waals surface area contributed by atoms with E-state index >= 15 is 0 Å². The first-order valence-corrected chi connectivity index (χ1v) is 5.02. The van der Waals surface area contributed by atoms with Crippen LogP contribution in [0.25, 0.3) is 0 Å². The van der Waals surface area contributed by atoms with Crippen molar-refractivity contribution in [1.82, 2.24) is 15.2 Å². The summed E-state index contributed by atoms with van der Waals surface area (Å²) in [6.07, 6.45) is 3.05. The lowest BCUT2D eigenvalue weighted by molar-refractivity contribution is 0.913. The predicted molar refractivity (Wildman–Crippen MR) is 65.0 cm³/mol. The number of nitrogens with zero attached hydrogens (tertiary/aromatic N) is 3. The number of aromatic amines is 1. The summed E-state index contributed by atoms with van der Waals surface area (Å²) in [5.74, 6) is 0.304. The molecule has 0 aliphatic carbocycles. The van der Waals surface area contributed by atoms with Gasteiger partial charge in [-0.25, -0.2) is 9.89 Å². The molecule has 1 heterocycles. The van der Waals surface area contributed by atoms with E-state index in [9.17, 15) is 4.79 Å². The van der Waals surface area contributed by atoms with E-state index in [1.54, 1.807) is 6.21 Å². The Labute approximate surface area is 97.4 Å². The van der Waals surface area contributed by atoms with Gasteiger partial charge in [-0.3, -0.25) is 5.43 Å². The Balaban J connectivity index is 2.08. The molecule has 0 saturated carbocycles. The molecule has 0 saturated heterocycles. The minimum atomic E-state index is -0.513. The number of H-pyrrole nitrogens is 1. The maximum absolute atomic E-state index is 10.9. The van der Waals surface area contributed by atoms with Crippen molar-refractivity contribution in [3.8, 4) is 0 Å². The third-order valence-electron chi connectivity index (χ3n) is 2.14. The molecule has 0 bridgehead atoms. The van der Waals surface area contributed by atoms with Crippen LogP contribution in [0.1, 0.15) is 11.1 Å².